The first-order chi connectivity index (χ1) is 8.97. The Kier molecular flexibility index (Phi) is 16.2. The summed E-state index contributed by atoms with van der Waals surface area (Å²) >= 11 is 0. The summed E-state index contributed by atoms with van der Waals surface area (Å²) in [5.41, 5.74) is 0. The Morgan fingerprint density at radius 1 is 1.42 bits per heavy atom. The predicted molar refractivity (Wildman–Crippen MR) is 72.1 cm³/mol. The first-order valence-corrected chi connectivity index (χ1v) is 6.31. The molecule has 0 saturated carbocycles. The molecule has 0 amide bonds. The van der Waals surface area contributed by atoms with Gasteiger partial charge in [0.25, 0.3) is 0 Å². The summed E-state index contributed by atoms with van der Waals surface area (Å²) in [6.07, 6.45) is 2.12. The SMILES string of the molecule is C=CC(=O)O.CCCCOCC(O)COC(C)CO. The summed E-state index contributed by atoms with van der Waals surface area (Å²) in [6.45, 7) is 7.98. The lowest BCUT2D eigenvalue weighted by Gasteiger charge is -2.14. The topological polar surface area (TPSA) is 96.2 Å². The zero-order valence-corrected chi connectivity index (χ0v) is 11.7. The molecule has 0 bridgehead atoms. The Morgan fingerprint density at radius 2 is 2.00 bits per heavy atom. The molecule has 2 unspecified atom stereocenters. The van der Waals surface area contributed by atoms with Crippen LogP contribution >= 0.6 is 0 Å². The van der Waals surface area contributed by atoms with Gasteiger partial charge in [-0.3, -0.25) is 0 Å². The van der Waals surface area contributed by atoms with Crippen LogP contribution in [0.25, 0.3) is 0 Å². The second-order valence-electron chi connectivity index (χ2n) is 3.95. The number of carbonyl (C=O) groups is 1. The van der Waals surface area contributed by atoms with E-state index in [0.29, 0.717) is 13.2 Å². The second-order valence-corrected chi connectivity index (χ2v) is 3.95. The molecule has 0 aromatic carbocycles. The number of hydrogen-bond donors (Lipinski definition) is 3. The lowest BCUT2D eigenvalue weighted by molar-refractivity contribution is -0.131. The number of hydrogen-bond acceptors (Lipinski definition) is 5. The van der Waals surface area contributed by atoms with Gasteiger partial charge in [-0.15, -0.1) is 0 Å². The third kappa shape index (κ3) is 19.6. The van der Waals surface area contributed by atoms with Crippen molar-refractivity contribution in [2.45, 2.75) is 38.9 Å². The standard InChI is InChI=1S/C10H22O4.C3H4O2/c1-3-4-5-13-7-10(12)8-14-9(2)6-11;1-2-3(4)5/h9-12H,3-8H2,1-2H3;2H,1H2,(H,4,5). The first kappa shape index (κ1) is 20.4. The largest absolute Gasteiger partial charge is 0.478 e. The number of rotatable bonds is 10. The van der Waals surface area contributed by atoms with Crippen molar-refractivity contribution in [1.29, 1.82) is 0 Å². The third-order valence-electron chi connectivity index (χ3n) is 1.96. The minimum absolute atomic E-state index is 0.0244. The number of ether oxygens (including phenoxy) is 2. The van der Waals surface area contributed by atoms with E-state index in [0.717, 1.165) is 18.9 Å². The average Bonchev–Trinajstić information content (AvgIpc) is 2.41. The van der Waals surface area contributed by atoms with Crippen LogP contribution in [0.2, 0.25) is 0 Å². The zero-order chi connectivity index (χ0) is 15.1. The van der Waals surface area contributed by atoms with Gasteiger partial charge < -0.3 is 24.8 Å². The van der Waals surface area contributed by atoms with E-state index in [-0.39, 0.29) is 19.3 Å². The normalized spacial score (nSPS) is 13.1. The Bertz CT molecular complexity index is 219. The van der Waals surface area contributed by atoms with Crippen molar-refractivity contribution in [3.05, 3.63) is 12.7 Å². The molecule has 0 heterocycles. The van der Waals surface area contributed by atoms with Crippen molar-refractivity contribution in [2.75, 3.05) is 26.4 Å². The van der Waals surface area contributed by atoms with Crippen LogP contribution in [-0.4, -0.2) is 59.9 Å². The lowest BCUT2D eigenvalue weighted by Crippen LogP contribution is -2.26. The molecule has 0 fully saturated rings. The van der Waals surface area contributed by atoms with Gasteiger partial charge in [-0.1, -0.05) is 19.9 Å². The van der Waals surface area contributed by atoms with Gasteiger partial charge in [-0.25, -0.2) is 4.79 Å². The highest BCUT2D eigenvalue weighted by Crippen LogP contribution is 1.94. The van der Waals surface area contributed by atoms with Crippen LogP contribution in [0.5, 0.6) is 0 Å². The molecule has 6 heteroatoms. The highest BCUT2D eigenvalue weighted by atomic mass is 16.5. The summed E-state index contributed by atoms with van der Waals surface area (Å²) in [7, 11) is 0. The molecule has 0 aliphatic heterocycles. The Balaban J connectivity index is 0. The van der Waals surface area contributed by atoms with Crippen LogP contribution in [0.1, 0.15) is 26.7 Å². The van der Waals surface area contributed by atoms with Crippen LogP contribution in [0.15, 0.2) is 12.7 Å². The summed E-state index contributed by atoms with van der Waals surface area (Å²) in [4.78, 5) is 9.25. The molecule has 0 rings (SSSR count). The van der Waals surface area contributed by atoms with Crippen LogP contribution in [0, 0.1) is 0 Å². The molecule has 0 saturated heterocycles. The van der Waals surface area contributed by atoms with Crippen LogP contribution in [0.3, 0.4) is 0 Å². The van der Waals surface area contributed by atoms with E-state index in [4.69, 9.17) is 19.7 Å². The van der Waals surface area contributed by atoms with Gasteiger partial charge in [0.2, 0.25) is 0 Å². The second kappa shape index (κ2) is 15.1. The Labute approximate surface area is 114 Å². The maximum absolute atomic E-state index is 9.36. The van der Waals surface area contributed by atoms with Crippen LogP contribution in [0.4, 0.5) is 0 Å². The molecule has 2 atom stereocenters. The fraction of sp³-hybridized carbons (Fsp3) is 0.769. The summed E-state index contributed by atoms with van der Waals surface area (Å²) in [5.74, 6) is -0.981. The molecular formula is C13H26O6. The zero-order valence-electron chi connectivity index (χ0n) is 11.7. The average molecular weight is 278 g/mol. The van der Waals surface area contributed by atoms with Gasteiger partial charge >= 0.3 is 5.97 Å². The summed E-state index contributed by atoms with van der Waals surface area (Å²) in [5, 5.41) is 25.6. The number of unbranched alkanes of at least 4 members (excludes halogenated alkanes) is 1. The van der Waals surface area contributed by atoms with Crippen molar-refractivity contribution in [2.24, 2.45) is 0 Å². The van der Waals surface area contributed by atoms with Gasteiger partial charge in [0.05, 0.1) is 25.9 Å². The minimum atomic E-state index is -0.981. The molecule has 0 aromatic heterocycles. The highest BCUT2D eigenvalue weighted by Gasteiger charge is 2.07. The third-order valence-corrected chi connectivity index (χ3v) is 1.96. The van der Waals surface area contributed by atoms with E-state index >= 15 is 0 Å². The van der Waals surface area contributed by atoms with E-state index in [2.05, 4.69) is 13.5 Å². The molecule has 0 aliphatic rings. The Hall–Kier alpha value is -0.950. The molecule has 0 spiro atoms. The Morgan fingerprint density at radius 3 is 2.42 bits per heavy atom. The van der Waals surface area contributed by atoms with Crippen molar-refractivity contribution in [3.63, 3.8) is 0 Å². The first-order valence-electron chi connectivity index (χ1n) is 6.31. The summed E-state index contributed by atoms with van der Waals surface area (Å²) < 4.78 is 10.3. The van der Waals surface area contributed by atoms with Crippen molar-refractivity contribution in [3.8, 4) is 0 Å². The van der Waals surface area contributed by atoms with Gasteiger partial charge in [0.1, 0.15) is 6.10 Å². The summed E-state index contributed by atoms with van der Waals surface area (Å²) in [6, 6.07) is 0. The number of aliphatic carboxylic acids is 1. The van der Waals surface area contributed by atoms with E-state index in [1.165, 1.54) is 0 Å². The number of carboxylic acids is 1. The van der Waals surface area contributed by atoms with Crippen molar-refractivity contribution >= 4 is 5.97 Å². The maximum atomic E-state index is 9.36. The molecule has 114 valence electrons. The monoisotopic (exact) mass is 278 g/mol. The lowest BCUT2D eigenvalue weighted by atomic mass is 10.3. The van der Waals surface area contributed by atoms with E-state index < -0.39 is 12.1 Å². The quantitative estimate of drug-likeness (QED) is 0.404. The van der Waals surface area contributed by atoms with Gasteiger partial charge in [0, 0.05) is 12.7 Å². The smallest absolute Gasteiger partial charge is 0.327 e. The molecular weight excluding hydrogens is 252 g/mol. The fourth-order valence-electron chi connectivity index (χ4n) is 0.842. The highest BCUT2D eigenvalue weighted by molar-refractivity contribution is 5.78. The van der Waals surface area contributed by atoms with E-state index in [1.54, 1.807) is 6.92 Å². The van der Waals surface area contributed by atoms with Crippen LogP contribution < -0.4 is 0 Å². The van der Waals surface area contributed by atoms with Gasteiger partial charge in [-0.2, -0.15) is 0 Å². The van der Waals surface area contributed by atoms with Crippen molar-refractivity contribution < 1.29 is 29.6 Å². The number of aliphatic hydroxyl groups excluding tert-OH is 2. The fourth-order valence-corrected chi connectivity index (χ4v) is 0.842. The molecule has 6 nitrogen and oxygen atoms in total. The van der Waals surface area contributed by atoms with E-state index in [9.17, 15) is 9.90 Å². The van der Waals surface area contributed by atoms with Crippen molar-refractivity contribution in [1.82, 2.24) is 0 Å². The minimum Gasteiger partial charge on any atom is -0.478 e. The predicted octanol–water partition coefficient (Wildman–Crippen LogP) is 0.818. The number of carboxylic acid groups (broad SMARTS) is 1. The van der Waals surface area contributed by atoms with Gasteiger partial charge in [0.15, 0.2) is 0 Å². The molecule has 0 radical (unpaired) electrons. The molecule has 3 N–H and O–H groups in total. The van der Waals surface area contributed by atoms with E-state index in [1.807, 2.05) is 0 Å². The molecule has 0 aliphatic carbocycles. The maximum Gasteiger partial charge on any atom is 0.327 e. The molecule has 19 heavy (non-hydrogen) atoms. The molecule has 0 aromatic rings. The van der Waals surface area contributed by atoms with Crippen LogP contribution in [-0.2, 0) is 14.3 Å². The van der Waals surface area contributed by atoms with Gasteiger partial charge in [-0.05, 0) is 13.3 Å². The number of aliphatic hydroxyl groups is 2.